The minimum atomic E-state index is -0.505. The van der Waals surface area contributed by atoms with Crippen molar-refractivity contribution in [1.29, 1.82) is 0 Å². The summed E-state index contributed by atoms with van der Waals surface area (Å²) in [5.74, 6) is -0.185. The van der Waals surface area contributed by atoms with Crippen molar-refractivity contribution in [1.82, 2.24) is 10.6 Å². The van der Waals surface area contributed by atoms with Gasteiger partial charge < -0.3 is 15.4 Å². The van der Waals surface area contributed by atoms with Gasteiger partial charge in [-0.2, -0.15) is 0 Å². The first-order valence-corrected chi connectivity index (χ1v) is 6.96. The summed E-state index contributed by atoms with van der Waals surface area (Å²) < 4.78 is 5.24. The lowest BCUT2D eigenvalue weighted by Crippen LogP contribution is -2.29. The molecule has 7 nitrogen and oxygen atoms in total. The van der Waals surface area contributed by atoms with E-state index in [1.165, 1.54) is 12.1 Å². The zero-order valence-corrected chi connectivity index (χ0v) is 12.3. The van der Waals surface area contributed by atoms with Crippen LogP contribution in [0, 0.1) is 10.1 Å². The Morgan fingerprint density at radius 1 is 1.38 bits per heavy atom. The normalized spacial score (nSPS) is 10.2. The Morgan fingerprint density at radius 2 is 2.14 bits per heavy atom. The second-order valence-electron chi connectivity index (χ2n) is 4.48. The molecule has 0 spiro atoms. The third kappa shape index (κ3) is 5.78. The second-order valence-corrected chi connectivity index (χ2v) is 4.48. The molecule has 1 aromatic carbocycles. The predicted octanol–water partition coefficient (Wildman–Crippen LogP) is 1.61. The van der Waals surface area contributed by atoms with E-state index in [0.717, 1.165) is 18.5 Å². The van der Waals surface area contributed by atoms with Crippen LogP contribution < -0.4 is 15.4 Å². The van der Waals surface area contributed by atoms with Crippen LogP contribution in [0.2, 0.25) is 0 Å². The molecule has 21 heavy (non-hydrogen) atoms. The Balaban J connectivity index is 2.72. The molecule has 0 saturated carbocycles. The standard InChI is InChI=1S/C14H21N3O4/c1-3-7-16-14(18)10-21-13-6-5-11(9-15-4-2)8-12(13)17(19)20/h5-6,8,15H,3-4,7,9-10H2,1-2H3,(H,16,18). The molecule has 0 unspecified atom stereocenters. The van der Waals surface area contributed by atoms with E-state index < -0.39 is 4.92 Å². The summed E-state index contributed by atoms with van der Waals surface area (Å²) in [4.78, 5) is 22.0. The number of hydrogen-bond acceptors (Lipinski definition) is 5. The number of amides is 1. The average Bonchev–Trinajstić information content (AvgIpc) is 2.48. The average molecular weight is 295 g/mol. The molecule has 0 aliphatic carbocycles. The van der Waals surface area contributed by atoms with E-state index in [1.807, 2.05) is 13.8 Å². The topological polar surface area (TPSA) is 93.5 Å². The van der Waals surface area contributed by atoms with Crippen LogP contribution in [0.4, 0.5) is 5.69 Å². The molecule has 1 aromatic rings. The first-order valence-electron chi connectivity index (χ1n) is 6.96. The van der Waals surface area contributed by atoms with Crippen molar-refractivity contribution in [3.05, 3.63) is 33.9 Å². The maximum Gasteiger partial charge on any atom is 0.311 e. The molecule has 0 fully saturated rings. The number of nitro benzene ring substituents is 1. The molecule has 1 rings (SSSR count). The monoisotopic (exact) mass is 295 g/mol. The minimum absolute atomic E-state index is 0.104. The third-order valence-electron chi connectivity index (χ3n) is 2.73. The minimum Gasteiger partial charge on any atom is -0.477 e. The highest BCUT2D eigenvalue weighted by Crippen LogP contribution is 2.27. The number of carbonyl (C=O) groups is 1. The number of ether oxygens (including phenoxy) is 1. The van der Waals surface area contributed by atoms with Gasteiger partial charge in [0.05, 0.1) is 4.92 Å². The van der Waals surface area contributed by atoms with Crippen LogP contribution in [0.15, 0.2) is 18.2 Å². The third-order valence-corrected chi connectivity index (χ3v) is 2.73. The Labute approximate surface area is 123 Å². The SMILES string of the molecule is CCCNC(=O)COc1ccc(CNCC)cc1[N+](=O)[O-]. The van der Waals surface area contributed by atoms with Gasteiger partial charge in [0.2, 0.25) is 0 Å². The molecule has 0 bridgehead atoms. The van der Waals surface area contributed by atoms with Gasteiger partial charge in [-0.05, 0) is 24.6 Å². The zero-order chi connectivity index (χ0) is 15.7. The highest BCUT2D eigenvalue weighted by Gasteiger charge is 2.17. The van der Waals surface area contributed by atoms with E-state index in [-0.39, 0.29) is 24.0 Å². The van der Waals surface area contributed by atoms with Crippen LogP contribution >= 0.6 is 0 Å². The number of benzene rings is 1. The summed E-state index contributed by atoms with van der Waals surface area (Å²) in [6, 6.07) is 4.73. The van der Waals surface area contributed by atoms with Gasteiger partial charge in [-0.1, -0.05) is 19.9 Å². The van der Waals surface area contributed by atoms with Gasteiger partial charge >= 0.3 is 5.69 Å². The number of hydrogen-bond donors (Lipinski definition) is 2. The molecular formula is C14H21N3O4. The van der Waals surface area contributed by atoms with Crippen molar-refractivity contribution in [3.8, 4) is 5.75 Å². The van der Waals surface area contributed by atoms with Gasteiger partial charge in [0.25, 0.3) is 5.91 Å². The highest BCUT2D eigenvalue weighted by molar-refractivity contribution is 5.77. The maximum absolute atomic E-state index is 11.4. The lowest BCUT2D eigenvalue weighted by Gasteiger charge is -2.09. The van der Waals surface area contributed by atoms with Crippen molar-refractivity contribution in [2.24, 2.45) is 0 Å². The van der Waals surface area contributed by atoms with Crippen LogP contribution in [-0.2, 0) is 11.3 Å². The van der Waals surface area contributed by atoms with Crippen LogP contribution in [-0.4, -0.2) is 30.5 Å². The summed E-state index contributed by atoms with van der Waals surface area (Å²) in [6.45, 7) is 5.56. The van der Waals surface area contributed by atoms with E-state index in [4.69, 9.17) is 4.74 Å². The molecule has 0 heterocycles. The molecule has 7 heteroatoms. The van der Waals surface area contributed by atoms with Crippen molar-refractivity contribution in [2.45, 2.75) is 26.8 Å². The van der Waals surface area contributed by atoms with E-state index in [2.05, 4.69) is 10.6 Å². The molecule has 0 saturated heterocycles. The second kappa shape index (κ2) is 8.91. The summed E-state index contributed by atoms with van der Waals surface area (Å²) in [6.07, 6.45) is 0.824. The van der Waals surface area contributed by atoms with Crippen molar-refractivity contribution >= 4 is 11.6 Å². The number of carbonyl (C=O) groups excluding carboxylic acids is 1. The van der Waals surface area contributed by atoms with E-state index in [1.54, 1.807) is 6.07 Å². The van der Waals surface area contributed by atoms with Gasteiger partial charge in [-0.15, -0.1) is 0 Å². The molecule has 0 aromatic heterocycles. The maximum atomic E-state index is 11.4. The first-order chi connectivity index (χ1) is 10.1. The van der Waals surface area contributed by atoms with Gasteiger partial charge in [-0.3, -0.25) is 14.9 Å². The van der Waals surface area contributed by atoms with Crippen LogP contribution in [0.3, 0.4) is 0 Å². The lowest BCUT2D eigenvalue weighted by atomic mass is 10.2. The smallest absolute Gasteiger partial charge is 0.311 e. The van der Waals surface area contributed by atoms with Crippen molar-refractivity contribution in [3.63, 3.8) is 0 Å². The Morgan fingerprint density at radius 3 is 2.76 bits per heavy atom. The summed E-state index contributed by atoms with van der Waals surface area (Å²) in [5, 5.41) is 16.8. The van der Waals surface area contributed by atoms with E-state index in [0.29, 0.717) is 13.1 Å². The summed E-state index contributed by atoms with van der Waals surface area (Å²) in [7, 11) is 0. The number of nitrogens with zero attached hydrogens (tertiary/aromatic N) is 1. The van der Waals surface area contributed by atoms with E-state index >= 15 is 0 Å². The quantitative estimate of drug-likeness (QED) is 0.533. The highest BCUT2D eigenvalue weighted by atomic mass is 16.6. The van der Waals surface area contributed by atoms with Gasteiger partial charge in [0.1, 0.15) is 0 Å². The fraction of sp³-hybridized carbons (Fsp3) is 0.500. The zero-order valence-electron chi connectivity index (χ0n) is 12.3. The van der Waals surface area contributed by atoms with Crippen molar-refractivity contribution in [2.75, 3.05) is 19.7 Å². The number of rotatable bonds is 9. The molecule has 0 aliphatic rings. The molecule has 2 N–H and O–H groups in total. The Hall–Kier alpha value is -2.15. The molecule has 0 atom stereocenters. The Kier molecular flexibility index (Phi) is 7.17. The van der Waals surface area contributed by atoms with Gasteiger partial charge in [-0.25, -0.2) is 0 Å². The van der Waals surface area contributed by atoms with Gasteiger partial charge in [0.15, 0.2) is 12.4 Å². The van der Waals surface area contributed by atoms with Gasteiger partial charge in [0, 0.05) is 19.2 Å². The van der Waals surface area contributed by atoms with Crippen LogP contribution in [0.1, 0.15) is 25.8 Å². The van der Waals surface area contributed by atoms with Crippen LogP contribution in [0.5, 0.6) is 5.75 Å². The molecule has 0 aliphatic heterocycles. The molecule has 0 radical (unpaired) electrons. The van der Waals surface area contributed by atoms with Crippen molar-refractivity contribution < 1.29 is 14.5 Å². The number of nitrogens with one attached hydrogen (secondary N) is 2. The molecular weight excluding hydrogens is 274 g/mol. The fourth-order valence-corrected chi connectivity index (χ4v) is 1.67. The van der Waals surface area contributed by atoms with E-state index in [9.17, 15) is 14.9 Å². The summed E-state index contributed by atoms with van der Waals surface area (Å²) >= 11 is 0. The fourth-order valence-electron chi connectivity index (χ4n) is 1.67. The largest absolute Gasteiger partial charge is 0.477 e. The first kappa shape index (κ1) is 16.9. The summed E-state index contributed by atoms with van der Waals surface area (Å²) in [5.41, 5.74) is 0.667. The van der Waals surface area contributed by atoms with Crippen LogP contribution in [0.25, 0.3) is 0 Å². The lowest BCUT2D eigenvalue weighted by molar-refractivity contribution is -0.385. The molecule has 1 amide bonds. The number of nitro groups is 1. The Bertz CT molecular complexity index is 491. The predicted molar refractivity (Wildman–Crippen MR) is 79.3 cm³/mol. The molecule has 116 valence electrons.